The lowest BCUT2D eigenvalue weighted by Gasteiger charge is -2.27. The van der Waals surface area contributed by atoms with Gasteiger partial charge in [-0.2, -0.15) is 0 Å². The Morgan fingerprint density at radius 3 is 2.54 bits per heavy atom. The maximum atomic E-state index is 13.1. The van der Waals surface area contributed by atoms with Crippen molar-refractivity contribution in [2.45, 2.75) is 13.0 Å². The molecule has 1 fully saturated rings. The molecule has 0 aliphatic carbocycles. The molecule has 35 heavy (non-hydrogen) atoms. The highest BCUT2D eigenvalue weighted by molar-refractivity contribution is 6.35. The van der Waals surface area contributed by atoms with Gasteiger partial charge in [-0.15, -0.1) is 5.10 Å². The molecule has 1 atom stereocenters. The fourth-order valence-electron chi connectivity index (χ4n) is 3.93. The number of para-hydroxylation sites is 1. The molecule has 1 amide bonds. The molecule has 1 saturated heterocycles. The smallest absolute Gasteiger partial charge is 0.276 e. The van der Waals surface area contributed by atoms with E-state index in [0.717, 1.165) is 18.9 Å². The summed E-state index contributed by atoms with van der Waals surface area (Å²) in [7, 11) is 0. The zero-order chi connectivity index (χ0) is 24.4. The zero-order valence-corrected chi connectivity index (χ0v) is 20.3. The van der Waals surface area contributed by atoms with Crippen molar-refractivity contribution in [1.29, 1.82) is 0 Å². The van der Waals surface area contributed by atoms with Crippen molar-refractivity contribution >= 4 is 51.5 Å². The second kappa shape index (κ2) is 10.1. The molecule has 5 rings (SSSR count). The van der Waals surface area contributed by atoms with Gasteiger partial charge in [0, 0.05) is 36.4 Å². The molecule has 0 spiro atoms. The van der Waals surface area contributed by atoms with Crippen LogP contribution in [0.2, 0.25) is 10.0 Å². The van der Waals surface area contributed by atoms with Crippen LogP contribution >= 0.6 is 23.2 Å². The van der Waals surface area contributed by atoms with Gasteiger partial charge < -0.3 is 19.8 Å². The predicted octanol–water partition coefficient (Wildman–Crippen LogP) is 4.41. The molecule has 0 bridgehead atoms. The number of anilines is 2. The van der Waals surface area contributed by atoms with Gasteiger partial charge in [-0.05, 0) is 25.1 Å². The third-order valence-corrected chi connectivity index (χ3v) is 6.27. The van der Waals surface area contributed by atoms with Gasteiger partial charge in [0.25, 0.3) is 5.91 Å². The lowest BCUT2D eigenvalue weighted by Crippen LogP contribution is -2.36. The molecule has 180 valence electrons. The average Bonchev–Trinajstić information content (AvgIpc) is 3.23. The Balaban J connectivity index is 1.37. The topological polar surface area (TPSA) is 94.4 Å². The minimum atomic E-state index is -0.547. The number of aromatic nitrogens is 4. The van der Waals surface area contributed by atoms with Crippen molar-refractivity contribution in [3.05, 3.63) is 76.3 Å². The minimum absolute atomic E-state index is 0.219. The molecule has 3 aromatic heterocycles. The van der Waals surface area contributed by atoms with E-state index in [1.807, 2.05) is 36.4 Å². The number of ether oxygens (including phenoxy) is 1. The van der Waals surface area contributed by atoms with Crippen molar-refractivity contribution < 1.29 is 14.4 Å². The Hall–Kier alpha value is -3.40. The maximum absolute atomic E-state index is 13.1. The number of halogens is 2. The first-order valence-electron chi connectivity index (χ1n) is 11.0. The van der Waals surface area contributed by atoms with Crippen LogP contribution in [0.3, 0.4) is 0 Å². The highest BCUT2D eigenvalue weighted by Crippen LogP contribution is 2.30. The number of fused-ring (bicyclic) bond motifs is 1. The molecule has 0 radical (unpaired) electrons. The molecule has 11 heteroatoms. The third kappa shape index (κ3) is 4.88. The number of carbonyl (C=O) groups is 1. The van der Waals surface area contributed by atoms with Gasteiger partial charge in [-0.25, -0.2) is 4.98 Å². The summed E-state index contributed by atoms with van der Waals surface area (Å²) in [5, 5.41) is 8.71. The Bertz CT molecular complexity index is 1340. The summed E-state index contributed by atoms with van der Waals surface area (Å²) < 4.78 is 5.38. The van der Waals surface area contributed by atoms with E-state index in [1.54, 1.807) is 13.1 Å². The van der Waals surface area contributed by atoms with Crippen LogP contribution in [0.1, 0.15) is 29.1 Å². The number of pyridine rings is 2. The number of carbonyl (C=O) groups excluding carboxylic acids is 1. The highest BCUT2D eigenvalue weighted by atomic mass is 35.5. The predicted molar refractivity (Wildman–Crippen MR) is 134 cm³/mol. The maximum Gasteiger partial charge on any atom is 0.276 e. The number of rotatable bonds is 6. The number of hydrogen-bond acceptors (Lipinski definition) is 7. The van der Waals surface area contributed by atoms with Crippen LogP contribution in [0.25, 0.3) is 10.9 Å². The average molecular weight is 513 g/mol. The first-order chi connectivity index (χ1) is 17.0. The molecule has 1 unspecified atom stereocenters. The molecule has 4 heterocycles. The van der Waals surface area contributed by atoms with Gasteiger partial charge >= 0.3 is 0 Å². The van der Waals surface area contributed by atoms with Crippen LogP contribution in [-0.2, 0) is 4.74 Å². The van der Waals surface area contributed by atoms with E-state index in [2.05, 4.69) is 25.3 Å². The van der Waals surface area contributed by atoms with Crippen LogP contribution in [0.5, 0.6) is 0 Å². The molecule has 9 nitrogen and oxygen atoms in total. The molecule has 1 aromatic carbocycles. The first-order valence-corrected chi connectivity index (χ1v) is 11.8. The van der Waals surface area contributed by atoms with E-state index in [9.17, 15) is 4.79 Å². The molecular formula is C24H22Cl2N6O3. The van der Waals surface area contributed by atoms with E-state index >= 15 is 0 Å². The number of nitrogens with one attached hydrogen (secondary N) is 1. The largest absolute Gasteiger partial charge is 0.388 e. The standard InChI is InChI=1S/C24H22Cl2N6O3/c1-15(22-18(25)13-27-14-19(22)26)35-32-20-5-3-2-4-17(20)23(30-32)24(33)29-16-6-7-21(28-12-16)31-8-10-34-11-9-31/h2-7,12-15H,8-11H2,1H3,(H,29,33). The number of morpholine rings is 1. The molecule has 1 N–H and O–H groups in total. The highest BCUT2D eigenvalue weighted by Gasteiger charge is 2.22. The molecule has 1 aliphatic rings. The normalized spacial score (nSPS) is 14.7. The first kappa shape index (κ1) is 23.3. The quantitative estimate of drug-likeness (QED) is 0.408. The van der Waals surface area contributed by atoms with Crippen molar-refractivity contribution in [3.63, 3.8) is 0 Å². The Kier molecular flexibility index (Phi) is 6.72. The summed E-state index contributed by atoms with van der Waals surface area (Å²) >= 11 is 12.6. The van der Waals surface area contributed by atoms with Gasteiger partial charge in [0.05, 0.1) is 35.1 Å². The van der Waals surface area contributed by atoms with Crippen molar-refractivity contribution in [1.82, 2.24) is 19.9 Å². The fourth-order valence-corrected chi connectivity index (χ4v) is 4.60. The number of benzene rings is 1. The Morgan fingerprint density at radius 2 is 1.83 bits per heavy atom. The number of nitrogens with zero attached hydrogens (tertiary/aromatic N) is 5. The van der Waals surface area contributed by atoms with Crippen molar-refractivity contribution in [2.24, 2.45) is 0 Å². The summed E-state index contributed by atoms with van der Waals surface area (Å²) in [5.41, 5.74) is 2.00. The summed E-state index contributed by atoms with van der Waals surface area (Å²) in [6.07, 6.45) is 4.09. The third-order valence-electron chi connectivity index (χ3n) is 5.67. The summed E-state index contributed by atoms with van der Waals surface area (Å²) in [6.45, 7) is 4.73. The van der Waals surface area contributed by atoms with E-state index < -0.39 is 6.10 Å². The fraction of sp³-hybridized carbons (Fsp3) is 0.250. The molecule has 0 saturated carbocycles. The minimum Gasteiger partial charge on any atom is -0.388 e. The monoisotopic (exact) mass is 512 g/mol. The van der Waals surface area contributed by atoms with Gasteiger partial charge in [-0.3, -0.25) is 9.78 Å². The molecule has 1 aliphatic heterocycles. The summed E-state index contributed by atoms with van der Waals surface area (Å²) in [5.74, 6) is 0.467. The van der Waals surface area contributed by atoms with Gasteiger partial charge in [0.2, 0.25) is 0 Å². The zero-order valence-electron chi connectivity index (χ0n) is 18.8. The number of hydrogen-bond donors (Lipinski definition) is 1. The van der Waals surface area contributed by atoms with Crippen molar-refractivity contribution in [3.8, 4) is 0 Å². The summed E-state index contributed by atoms with van der Waals surface area (Å²) in [6, 6.07) is 11.0. The lowest BCUT2D eigenvalue weighted by atomic mass is 10.2. The van der Waals surface area contributed by atoms with Crippen molar-refractivity contribution in [2.75, 3.05) is 36.5 Å². The lowest BCUT2D eigenvalue weighted by molar-refractivity contribution is 0.0321. The van der Waals surface area contributed by atoms with E-state index in [1.165, 1.54) is 17.2 Å². The van der Waals surface area contributed by atoms with Gasteiger partial charge in [-0.1, -0.05) is 46.2 Å². The number of amides is 1. The van der Waals surface area contributed by atoms with Crippen LogP contribution in [0, 0.1) is 0 Å². The van der Waals surface area contributed by atoms with E-state index in [4.69, 9.17) is 32.8 Å². The molecule has 4 aromatic rings. The van der Waals surface area contributed by atoms with Crippen LogP contribution in [-0.4, -0.2) is 52.1 Å². The SMILES string of the molecule is CC(On1nc(C(=O)Nc2ccc(N3CCOCC3)nc2)c2ccccc21)c1c(Cl)cncc1Cl. The summed E-state index contributed by atoms with van der Waals surface area (Å²) in [4.78, 5) is 31.1. The Labute approximate surface area is 211 Å². The van der Waals surface area contributed by atoms with Crippen LogP contribution in [0.4, 0.5) is 11.5 Å². The second-order valence-electron chi connectivity index (χ2n) is 7.96. The molecular weight excluding hydrogens is 491 g/mol. The van der Waals surface area contributed by atoms with Gasteiger partial charge in [0.15, 0.2) is 11.8 Å². The van der Waals surface area contributed by atoms with Crippen LogP contribution < -0.4 is 15.1 Å². The second-order valence-corrected chi connectivity index (χ2v) is 8.78. The van der Waals surface area contributed by atoms with Crippen LogP contribution in [0.15, 0.2) is 55.0 Å². The van der Waals surface area contributed by atoms with Gasteiger partial charge in [0.1, 0.15) is 11.3 Å². The van der Waals surface area contributed by atoms with E-state index in [-0.39, 0.29) is 11.6 Å². The Morgan fingerprint density at radius 1 is 1.09 bits per heavy atom. The van der Waals surface area contributed by atoms with E-state index in [0.29, 0.717) is 45.4 Å².